The molecule has 0 saturated heterocycles. The van der Waals surface area contributed by atoms with Gasteiger partial charge in [0.05, 0.1) is 25.2 Å². The topological polar surface area (TPSA) is 73.9 Å². The molecule has 0 amide bonds. The Kier molecular flexibility index (Phi) is 7.66. The van der Waals surface area contributed by atoms with Crippen LogP contribution in [0.3, 0.4) is 0 Å². The van der Waals surface area contributed by atoms with E-state index in [9.17, 15) is 9.59 Å². The van der Waals surface area contributed by atoms with E-state index < -0.39 is 17.7 Å². The first-order chi connectivity index (χ1) is 16.9. The van der Waals surface area contributed by atoms with Gasteiger partial charge in [0.2, 0.25) is 0 Å². The van der Waals surface area contributed by atoms with Gasteiger partial charge in [0, 0.05) is 35.6 Å². The molecule has 0 aromatic heterocycles. The molecule has 1 aliphatic heterocycles. The van der Waals surface area contributed by atoms with Crippen LogP contribution in [0.4, 0.5) is 4.39 Å². The Bertz CT molecular complexity index is 1170. The Balaban J connectivity index is 1.70. The summed E-state index contributed by atoms with van der Waals surface area (Å²) in [4.78, 5) is 26.7. The predicted octanol–water partition coefficient (Wildman–Crippen LogP) is 4.78. The van der Waals surface area contributed by atoms with Gasteiger partial charge in [0.25, 0.3) is 0 Å². The van der Waals surface area contributed by atoms with Gasteiger partial charge in [-0.2, -0.15) is 0 Å². The largest absolute Gasteiger partial charge is 0.497 e. The molecular formula is C28H30FNO5. The number of ketones is 1. The normalized spacial score (nSPS) is 19.8. The first kappa shape index (κ1) is 24.7. The third kappa shape index (κ3) is 5.15. The van der Waals surface area contributed by atoms with E-state index >= 15 is 4.39 Å². The van der Waals surface area contributed by atoms with Gasteiger partial charge in [-0.15, -0.1) is 0 Å². The van der Waals surface area contributed by atoms with Crippen LogP contribution in [0, 0.1) is 5.82 Å². The lowest BCUT2D eigenvalue weighted by Crippen LogP contribution is -2.36. The predicted molar refractivity (Wildman–Crippen MR) is 129 cm³/mol. The Morgan fingerprint density at radius 3 is 2.51 bits per heavy atom. The molecule has 1 N–H and O–H groups in total. The number of carbonyl (C=O) groups is 2. The molecule has 0 saturated carbocycles. The molecule has 2 aromatic carbocycles. The Morgan fingerprint density at radius 1 is 1.09 bits per heavy atom. The van der Waals surface area contributed by atoms with Gasteiger partial charge in [0.1, 0.15) is 18.2 Å². The highest BCUT2D eigenvalue weighted by atomic mass is 19.1. The van der Waals surface area contributed by atoms with Crippen molar-refractivity contribution in [3.63, 3.8) is 0 Å². The summed E-state index contributed by atoms with van der Waals surface area (Å²) in [6.45, 7) is 4.47. The zero-order chi connectivity index (χ0) is 24.9. The first-order valence-corrected chi connectivity index (χ1v) is 11.8. The fourth-order valence-corrected chi connectivity index (χ4v) is 4.86. The van der Waals surface area contributed by atoms with Crippen LogP contribution in [0.15, 0.2) is 71.1 Å². The quantitative estimate of drug-likeness (QED) is 0.434. The van der Waals surface area contributed by atoms with Crippen LogP contribution in [0.5, 0.6) is 5.75 Å². The van der Waals surface area contributed by atoms with Crippen LogP contribution in [0.1, 0.15) is 49.7 Å². The van der Waals surface area contributed by atoms with Crippen LogP contribution in [-0.2, 0) is 19.1 Å². The van der Waals surface area contributed by atoms with Gasteiger partial charge < -0.3 is 19.5 Å². The summed E-state index contributed by atoms with van der Waals surface area (Å²) >= 11 is 0. The number of dihydropyridines is 1. The molecule has 0 spiro atoms. The van der Waals surface area contributed by atoms with Crippen molar-refractivity contribution >= 4 is 11.8 Å². The van der Waals surface area contributed by atoms with Crippen LogP contribution < -0.4 is 10.1 Å². The number of ether oxygens (including phenoxy) is 3. The number of benzene rings is 2. The van der Waals surface area contributed by atoms with Crippen LogP contribution in [0.2, 0.25) is 0 Å². The lowest BCUT2D eigenvalue weighted by Gasteiger charge is -2.36. The standard InChI is InChI=1S/C28H30FNO5/c1-4-34-13-14-35-28(32)25-17(2)30-23-15-19(18-9-11-20(33-3)12-10-18)16-24(31)27(23)26(25)21-7-5-6-8-22(21)29/h5-12,19,26,30H,4,13-16H2,1-3H3. The van der Waals surface area contributed by atoms with Gasteiger partial charge in [-0.25, -0.2) is 9.18 Å². The highest BCUT2D eigenvalue weighted by molar-refractivity contribution is 6.04. The van der Waals surface area contributed by atoms with Crippen molar-refractivity contribution in [3.05, 3.63) is 88.0 Å². The van der Waals surface area contributed by atoms with E-state index in [-0.39, 0.29) is 42.5 Å². The number of esters is 1. The summed E-state index contributed by atoms with van der Waals surface area (Å²) in [5.74, 6) is -1.29. The van der Waals surface area contributed by atoms with E-state index in [1.54, 1.807) is 32.2 Å². The number of carbonyl (C=O) groups excluding carboxylic acids is 2. The summed E-state index contributed by atoms with van der Waals surface area (Å²) < 4.78 is 31.0. The fourth-order valence-electron chi connectivity index (χ4n) is 4.86. The molecule has 7 heteroatoms. The smallest absolute Gasteiger partial charge is 0.336 e. The lowest BCUT2D eigenvalue weighted by molar-refractivity contribution is -0.140. The van der Waals surface area contributed by atoms with Crippen molar-refractivity contribution in [3.8, 4) is 5.75 Å². The molecule has 2 unspecified atom stereocenters. The maximum atomic E-state index is 15.0. The first-order valence-electron chi connectivity index (χ1n) is 11.8. The third-order valence-corrected chi connectivity index (χ3v) is 6.52. The summed E-state index contributed by atoms with van der Waals surface area (Å²) in [6, 6.07) is 13.9. The highest BCUT2D eigenvalue weighted by Gasteiger charge is 2.42. The molecule has 184 valence electrons. The summed E-state index contributed by atoms with van der Waals surface area (Å²) in [7, 11) is 1.61. The average Bonchev–Trinajstić information content (AvgIpc) is 2.86. The molecule has 1 aliphatic carbocycles. The van der Waals surface area contributed by atoms with Crippen molar-refractivity contribution in [2.75, 3.05) is 26.9 Å². The number of hydrogen-bond acceptors (Lipinski definition) is 6. The minimum Gasteiger partial charge on any atom is -0.497 e. The van der Waals surface area contributed by atoms with Crippen molar-refractivity contribution in [2.24, 2.45) is 0 Å². The molecule has 0 radical (unpaired) electrons. The number of hydrogen-bond donors (Lipinski definition) is 1. The van der Waals surface area contributed by atoms with E-state index in [1.165, 1.54) is 6.07 Å². The molecule has 35 heavy (non-hydrogen) atoms. The average molecular weight is 480 g/mol. The SMILES string of the molecule is CCOCCOC(=O)C1=C(C)NC2=C(C(=O)CC(c3ccc(OC)cc3)C2)C1c1ccccc1F. The van der Waals surface area contributed by atoms with E-state index in [0.717, 1.165) is 17.0 Å². The van der Waals surface area contributed by atoms with Gasteiger partial charge in [0.15, 0.2) is 5.78 Å². The maximum Gasteiger partial charge on any atom is 0.336 e. The summed E-state index contributed by atoms with van der Waals surface area (Å²) in [6.07, 6.45) is 0.839. The van der Waals surface area contributed by atoms with E-state index in [0.29, 0.717) is 24.3 Å². The number of methoxy groups -OCH3 is 1. The molecule has 6 nitrogen and oxygen atoms in total. The second-order valence-electron chi connectivity index (χ2n) is 8.64. The second kappa shape index (κ2) is 10.9. The van der Waals surface area contributed by atoms with Crippen molar-refractivity contribution < 1.29 is 28.2 Å². The molecular weight excluding hydrogens is 449 g/mol. The Hall–Kier alpha value is -3.45. The maximum absolute atomic E-state index is 15.0. The fraction of sp³-hybridized carbons (Fsp3) is 0.357. The summed E-state index contributed by atoms with van der Waals surface area (Å²) in [5, 5.41) is 3.28. The molecule has 1 heterocycles. The van der Waals surface area contributed by atoms with Crippen molar-refractivity contribution in [2.45, 2.75) is 38.5 Å². The van der Waals surface area contributed by atoms with Gasteiger partial charge in [-0.1, -0.05) is 30.3 Å². The number of Topliss-reactive ketones (excluding diaryl/α,β-unsaturated/α-hetero) is 1. The molecule has 0 bridgehead atoms. The molecule has 2 atom stereocenters. The minimum absolute atomic E-state index is 0.0339. The minimum atomic E-state index is -0.837. The number of rotatable bonds is 8. The van der Waals surface area contributed by atoms with E-state index in [2.05, 4.69) is 5.32 Å². The Labute approximate surface area is 204 Å². The zero-order valence-electron chi connectivity index (χ0n) is 20.2. The highest BCUT2D eigenvalue weighted by Crippen LogP contribution is 2.46. The zero-order valence-corrected chi connectivity index (χ0v) is 20.2. The van der Waals surface area contributed by atoms with Crippen LogP contribution in [-0.4, -0.2) is 38.7 Å². The number of halogens is 1. The summed E-state index contributed by atoms with van der Waals surface area (Å²) in [5.41, 5.74) is 3.27. The number of allylic oxidation sites excluding steroid dienone is 3. The van der Waals surface area contributed by atoms with Gasteiger partial charge >= 0.3 is 5.97 Å². The lowest BCUT2D eigenvalue weighted by atomic mass is 9.71. The third-order valence-electron chi connectivity index (χ3n) is 6.52. The number of nitrogens with one attached hydrogen (secondary N) is 1. The monoisotopic (exact) mass is 479 g/mol. The second-order valence-corrected chi connectivity index (χ2v) is 8.64. The molecule has 4 rings (SSSR count). The molecule has 2 aliphatic rings. The van der Waals surface area contributed by atoms with Crippen LogP contribution in [0.25, 0.3) is 0 Å². The van der Waals surface area contributed by atoms with Crippen molar-refractivity contribution in [1.29, 1.82) is 0 Å². The van der Waals surface area contributed by atoms with Gasteiger partial charge in [-0.3, -0.25) is 4.79 Å². The van der Waals surface area contributed by atoms with E-state index in [1.807, 2.05) is 31.2 Å². The Morgan fingerprint density at radius 2 is 1.83 bits per heavy atom. The van der Waals surface area contributed by atoms with Crippen molar-refractivity contribution in [1.82, 2.24) is 5.32 Å². The van der Waals surface area contributed by atoms with E-state index in [4.69, 9.17) is 14.2 Å². The molecule has 0 fully saturated rings. The molecule has 2 aromatic rings. The van der Waals surface area contributed by atoms with Gasteiger partial charge in [-0.05, 0) is 49.9 Å². The van der Waals surface area contributed by atoms with Crippen LogP contribution >= 0.6 is 0 Å².